The topological polar surface area (TPSA) is 55.8 Å². The van der Waals surface area contributed by atoms with Crippen LogP contribution in [0.15, 0.2) is 0 Å². The summed E-state index contributed by atoms with van der Waals surface area (Å²) in [7, 11) is 0. The number of carboxylic acids is 1. The van der Waals surface area contributed by atoms with Crippen molar-refractivity contribution in [2.24, 2.45) is 11.8 Å². The summed E-state index contributed by atoms with van der Waals surface area (Å²) >= 11 is 0. The van der Waals surface area contributed by atoms with Crippen molar-refractivity contribution in [1.82, 2.24) is 0 Å². The molecule has 106 valence electrons. The molecule has 1 heterocycles. The molecule has 4 unspecified atom stereocenters. The molecule has 4 atom stereocenters. The van der Waals surface area contributed by atoms with Gasteiger partial charge in [0.25, 0.3) is 0 Å². The zero-order valence-corrected chi connectivity index (χ0v) is 11.9. The van der Waals surface area contributed by atoms with Crippen molar-refractivity contribution in [3.05, 3.63) is 0 Å². The molecule has 0 spiro atoms. The molecular weight excluding hydrogens is 232 g/mol. The Hall–Kier alpha value is -0.610. The number of rotatable bonds is 6. The molecule has 1 aliphatic heterocycles. The lowest BCUT2D eigenvalue weighted by Gasteiger charge is -2.45. The Morgan fingerprint density at radius 2 is 2.11 bits per heavy atom. The van der Waals surface area contributed by atoms with Crippen LogP contribution in [-0.2, 0) is 14.3 Å². The van der Waals surface area contributed by atoms with Crippen LogP contribution in [0.4, 0.5) is 0 Å². The Morgan fingerprint density at radius 1 is 1.44 bits per heavy atom. The first kappa shape index (κ1) is 15.4. The van der Waals surface area contributed by atoms with Crippen molar-refractivity contribution >= 4 is 5.97 Å². The third-order valence-electron chi connectivity index (χ3n) is 3.93. The Bertz CT molecular complexity index is 279. The van der Waals surface area contributed by atoms with Gasteiger partial charge in [-0.15, -0.1) is 0 Å². The largest absolute Gasteiger partial charge is 0.481 e. The molecular formula is C14H26O4. The summed E-state index contributed by atoms with van der Waals surface area (Å²) in [6, 6.07) is 0. The molecule has 0 aliphatic carbocycles. The maximum atomic E-state index is 11.3. The van der Waals surface area contributed by atoms with Crippen molar-refractivity contribution in [2.75, 3.05) is 6.61 Å². The highest BCUT2D eigenvalue weighted by atomic mass is 16.7. The number of ether oxygens (including phenoxy) is 2. The summed E-state index contributed by atoms with van der Waals surface area (Å²) < 4.78 is 11.8. The van der Waals surface area contributed by atoms with Crippen LogP contribution in [0.25, 0.3) is 0 Å². The van der Waals surface area contributed by atoms with Crippen molar-refractivity contribution in [2.45, 2.75) is 65.3 Å². The first-order valence-corrected chi connectivity index (χ1v) is 7.03. The minimum atomic E-state index is -0.980. The summed E-state index contributed by atoms with van der Waals surface area (Å²) in [5.41, 5.74) is 0. The highest BCUT2D eigenvalue weighted by Crippen LogP contribution is 2.36. The standard InChI is InChI=1S/C14H26O4/c1-5-8-12-10(6-2)9-17-14(4,18-12)11(7-3)13(15)16/h10-12H,5-9H2,1-4H3,(H,15,16). The van der Waals surface area contributed by atoms with Gasteiger partial charge in [-0.25, -0.2) is 0 Å². The van der Waals surface area contributed by atoms with E-state index in [4.69, 9.17) is 9.47 Å². The van der Waals surface area contributed by atoms with E-state index in [1.807, 2.05) is 6.92 Å². The van der Waals surface area contributed by atoms with E-state index in [0.717, 1.165) is 19.3 Å². The van der Waals surface area contributed by atoms with Crippen LogP contribution in [0.1, 0.15) is 53.4 Å². The van der Waals surface area contributed by atoms with Gasteiger partial charge in [0, 0.05) is 5.92 Å². The second-order valence-corrected chi connectivity index (χ2v) is 5.24. The van der Waals surface area contributed by atoms with Crippen LogP contribution in [0, 0.1) is 11.8 Å². The highest BCUT2D eigenvalue weighted by Gasteiger charge is 2.46. The van der Waals surface area contributed by atoms with Crippen LogP contribution in [0.5, 0.6) is 0 Å². The van der Waals surface area contributed by atoms with Crippen LogP contribution in [-0.4, -0.2) is 29.6 Å². The van der Waals surface area contributed by atoms with E-state index in [0.29, 0.717) is 18.9 Å². The molecule has 4 nitrogen and oxygen atoms in total. The fourth-order valence-electron chi connectivity index (χ4n) is 2.72. The maximum Gasteiger partial charge on any atom is 0.311 e. The molecule has 4 heteroatoms. The van der Waals surface area contributed by atoms with Crippen LogP contribution in [0.2, 0.25) is 0 Å². The van der Waals surface area contributed by atoms with Gasteiger partial charge in [0.15, 0.2) is 5.79 Å². The minimum Gasteiger partial charge on any atom is -0.481 e. The number of hydrogen-bond acceptors (Lipinski definition) is 3. The molecule has 1 rings (SSSR count). The third-order valence-corrected chi connectivity index (χ3v) is 3.93. The van der Waals surface area contributed by atoms with Crippen LogP contribution >= 0.6 is 0 Å². The zero-order chi connectivity index (χ0) is 13.8. The molecule has 0 aromatic carbocycles. The van der Waals surface area contributed by atoms with Gasteiger partial charge >= 0.3 is 5.97 Å². The van der Waals surface area contributed by atoms with Gasteiger partial charge in [0.1, 0.15) is 5.92 Å². The van der Waals surface area contributed by atoms with Crippen molar-refractivity contribution in [3.63, 3.8) is 0 Å². The van der Waals surface area contributed by atoms with E-state index in [-0.39, 0.29) is 6.10 Å². The second kappa shape index (κ2) is 6.53. The van der Waals surface area contributed by atoms with Gasteiger partial charge < -0.3 is 14.6 Å². The zero-order valence-electron chi connectivity index (χ0n) is 11.9. The van der Waals surface area contributed by atoms with E-state index < -0.39 is 17.7 Å². The molecule has 0 radical (unpaired) electrons. The quantitative estimate of drug-likeness (QED) is 0.795. The van der Waals surface area contributed by atoms with Gasteiger partial charge in [-0.3, -0.25) is 4.79 Å². The molecule has 18 heavy (non-hydrogen) atoms. The van der Waals surface area contributed by atoms with E-state index >= 15 is 0 Å². The summed E-state index contributed by atoms with van der Waals surface area (Å²) in [6.45, 7) is 8.47. The predicted octanol–water partition coefficient (Wildman–Crippen LogP) is 3.06. The number of hydrogen-bond donors (Lipinski definition) is 1. The van der Waals surface area contributed by atoms with Crippen molar-refractivity contribution in [3.8, 4) is 0 Å². The smallest absolute Gasteiger partial charge is 0.311 e. The Morgan fingerprint density at radius 3 is 2.56 bits per heavy atom. The third kappa shape index (κ3) is 3.23. The van der Waals surface area contributed by atoms with Crippen molar-refractivity contribution in [1.29, 1.82) is 0 Å². The molecule has 0 amide bonds. The Balaban J connectivity index is 2.81. The van der Waals surface area contributed by atoms with Gasteiger partial charge in [0.2, 0.25) is 0 Å². The van der Waals surface area contributed by atoms with Gasteiger partial charge in [-0.05, 0) is 26.2 Å². The lowest BCUT2D eigenvalue weighted by Crippen LogP contribution is -2.53. The van der Waals surface area contributed by atoms with E-state index in [9.17, 15) is 9.90 Å². The SMILES string of the molecule is CCCC1OC(C)(C(CC)C(=O)O)OCC1CC. The molecule has 1 N–H and O–H groups in total. The van der Waals surface area contributed by atoms with Gasteiger partial charge in [-0.2, -0.15) is 0 Å². The monoisotopic (exact) mass is 258 g/mol. The van der Waals surface area contributed by atoms with E-state index in [1.165, 1.54) is 0 Å². The lowest BCUT2D eigenvalue weighted by molar-refractivity contribution is -0.323. The van der Waals surface area contributed by atoms with Crippen molar-refractivity contribution < 1.29 is 19.4 Å². The summed E-state index contributed by atoms with van der Waals surface area (Å²) in [5, 5.41) is 9.27. The van der Waals surface area contributed by atoms with Crippen LogP contribution < -0.4 is 0 Å². The Labute approximate surface area is 110 Å². The molecule has 1 aliphatic rings. The number of carboxylic acid groups (broad SMARTS) is 1. The first-order valence-electron chi connectivity index (χ1n) is 7.03. The summed E-state index contributed by atoms with van der Waals surface area (Å²) in [6.07, 6.45) is 3.65. The van der Waals surface area contributed by atoms with E-state index in [2.05, 4.69) is 13.8 Å². The van der Waals surface area contributed by atoms with Gasteiger partial charge in [-0.1, -0.05) is 27.2 Å². The molecule has 0 aromatic heterocycles. The molecule has 0 bridgehead atoms. The van der Waals surface area contributed by atoms with Gasteiger partial charge in [0.05, 0.1) is 12.7 Å². The average molecular weight is 258 g/mol. The fraction of sp³-hybridized carbons (Fsp3) is 0.929. The summed E-state index contributed by atoms with van der Waals surface area (Å²) in [5.74, 6) is -2.05. The molecule has 0 saturated carbocycles. The highest BCUT2D eigenvalue weighted by molar-refractivity contribution is 5.71. The molecule has 1 fully saturated rings. The van der Waals surface area contributed by atoms with E-state index in [1.54, 1.807) is 6.92 Å². The van der Waals surface area contributed by atoms with Crippen LogP contribution in [0.3, 0.4) is 0 Å². The second-order valence-electron chi connectivity index (χ2n) is 5.24. The predicted molar refractivity (Wildman–Crippen MR) is 69.3 cm³/mol. The molecule has 0 aromatic rings. The first-order chi connectivity index (χ1) is 8.48. The minimum absolute atomic E-state index is 0.118. The maximum absolute atomic E-state index is 11.3. The fourth-order valence-corrected chi connectivity index (χ4v) is 2.72. The average Bonchev–Trinajstić information content (AvgIpc) is 2.30. The molecule has 1 saturated heterocycles. The normalized spacial score (nSPS) is 34.2. The Kier molecular flexibility index (Phi) is 5.60. The number of aliphatic carboxylic acids is 1. The number of carbonyl (C=O) groups is 1. The summed E-state index contributed by atoms with van der Waals surface area (Å²) in [4.78, 5) is 11.3. The lowest BCUT2D eigenvalue weighted by atomic mass is 9.90.